The summed E-state index contributed by atoms with van der Waals surface area (Å²) in [5, 5.41) is 3.39. The molecule has 0 spiro atoms. The van der Waals surface area contributed by atoms with E-state index >= 15 is 0 Å². The summed E-state index contributed by atoms with van der Waals surface area (Å²) >= 11 is 0. The van der Waals surface area contributed by atoms with Gasteiger partial charge in [0.15, 0.2) is 0 Å². The van der Waals surface area contributed by atoms with Crippen LogP contribution in [0.15, 0.2) is 18.2 Å². The minimum atomic E-state index is -0.158. The first-order valence-corrected chi connectivity index (χ1v) is 5.12. The fourth-order valence-electron chi connectivity index (χ4n) is 1.29. The lowest BCUT2D eigenvalue weighted by Crippen LogP contribution is -2.24. The molecule has 0 aliphatic carbocycles. The van der Waals surface area contributed by atoms with Crippen molar-refractivity contribution in [2.75, 3.05) is 0 Å². The van der Waals surface area contributed by atoms with Gasteiger partial charge in [-0.25, -0.2) is 4.39 Å². The van der Waals surface area contributed by atoms with Crippen molar-refractivity contribution in [3.05, 3.63) is 35.1 Å². The quantitative estimate of drug-likeness (QED) is 0.778. The molecule has 0 saturated carbocycles. The zero-order chi connectivity index (χ0) is 10.6. The van der Waals surface area contributed by atoms with Crippen LogP contribution in [0, 0.1) is 12.7 Å². The van der Waals surface area contributed by atoms with Crippen LogP contribution in [0.4, 0.5) is 4.39 Å². The van der Waals surface area contributed by atoms with E-state index in [1.54, 1.807) is 6.07 Å². The minimum Gasteiger partial charge on any atom is -0.310 e. The van der Waals surface area contributed by atoms with Gasteiger partial charge in [-0.3, -0.25) is 0 Å². The molecule has 0 unspecified atom stereocenters. The molecule has 2 heteroatoms. The first kappa shape index (κ1) is 11.2. The molecule has 78 valence electrons. The van der Waals surface area contributed by atoms with Crippen LogP contribution in [0.25, 0.3) is 0 Å². The monoisotopic (exact) mass is 195 g/mol. The molecule has 1 aromatic rings. The molecule has 0 fully saturated rings. The lowest BCUT2D eigenvalue weighted by Gasteiger charge is -2.12. The second-order valence-electron chi connectivity index (χ2n) is 3.76. The van der Waals surface area contributed by atoms with E-state index in [0.717, 1.165) is 18.5 Å². The first-order valence-electron chi connectivity index (χ1n) is 5.12. The summed E-state index contributed by atoms with van der Waals surface area (Å²) in [7, 11) is 0. The molecule has 0 amide bonds. The summed E-state index contributed by atoms with van der Waals surface area (Å²) in [5.74, 6) is -0.158. The van der Waals surface area contributed by atoms with Crippen LogP contribution in [-0.4, -0.2) is 6.04 Å². The zero-order valence-corrected chi connectivity index (χ0v) is 9.10. The molecule has 0 saturated heterocycles. The molecule has 1 N–H and O–H groups in total. The van der Waals surface area contributed by atoms with Crippen LogP contribution in [0.1, 0.15) is 31.4 Å². The van der Waals surface area contributed by atoms with Crippen LogP contribution < -0.4 is 5.32 Å². The highest BCUT2D eigenvalue weighted by Gasteiger charge is 2.01. The Morgan fingerprint density at radius 2 is 2.14 bits per heavy atom. The molecule has 1 atom stereocenters. The Kier molecular flexibility index (Phi) is 4.08. The van der Waals surface area contributed by atoms with E-state index in [4.69, 9.17) is 0 Å². The van der Waals surface area contributed by atoms with Gasteiger partial charge >= 0.3 is 0 Å². The maximum Gasteiger partial charge on any atom is 0.123 e. The van der Waals surface area contributed by atoms with E-state index in [-0.39, 0.29) is 5.82 Å². The lowest BCUT2D eigenvalue weighted by atomic mass is 10.1. The van der Waals surface area contributed by atoms with Gasteiger partial charge in [-0.05, 0) is 43.5 Å². The number of halogens is 1. The molecule has 0 bridgehead atoms. The Balaban J connectivity index is 2.59. The smallest absolute Gasteiger partial charge is 0.123 e. The van der Waals surface area contributed by atoms with E-state index in [1.165, 1.54) is 11.6 Å². The molecule has 0 heterocycles. The SMILES string of the molecule is CC[C@H](C)NCc1ccc(F)cc1C. The summed E-state index contributed by atoms with van der Waals surface area (Å²) < 4.78 is 12.8. The van der Waals surface area contributed by atoms with Crippen LogP contribution in [0.3, 0.4) is 0 Å². The second kappa shape index (κ2) is 5.11. The molecule has 0 aromatic heterocycles. The van der Waals surface area contributed by atoms with Crippen LogP contribution in [0.2, 0.25) is 0 Å². The van der Waals surface area contributed by atoms with Gasteiger partial charge < -0.3 is 5.32 Å². The predicted octanol–water partition coefficient (Wildman–Crippen LogP) is 3.02. The Labute approximate surface area is 85.3 Å². The molecule has 1 aromatic carbocycles. The standard InChI is InChI=1S/C12H18FN/c1-4-10(3)14-8-11-5-6-12(13)7-9(11)2/h5-7,10,14H,4,8H2,1-3H3/t10-/m0/s1. The molecule has 0 aliphatic heterocycles. The highest BCUT2D eigenvalue weighted by atomic mass is 19.1. The highest BCUT2D eigenvalue weighted by molar-refractivity contribution is 5.26. The number of aryl methyl sites for hydroxylation is 1. The summed E-state index contributed by atoms with van der Waals surface area (Å²) in [6, 6.07) is 5.45. The normalized spacial score (nSPS) is 12.9. The van der Waals surface area contributed by atoms with E-state index < -0.39 is 0 Å². The minimum absolute atomic E-state index is 0.158. The molecule has 14 heavy (non-hydrogen) atoms. The summed E-state index contributed by atoms with van der Waals surface area (Å²) in [6.45, 7) is 7.06. The number of hydrogen-bond donors (Lipinski definition) is 1. The lowest BCUT2D eigenvalue weighted by molar-refractivity contribution is 0.532. The van der Waals surface area contributed by atoms with Crippen molar-refractivity contribution in [3.63, 3.8) is 0 Å². The predicted molar refractivity (Wildman–Crippen MR) is 57.7 cm³/mol. The molecular weight excluding hydrogens is 177 g/mol. The molecule has 0 radical (unpaired) electrons. The van der Waals surface area contributed by atoms with E-state index in [0.29, 0.717) is 6.04 Å². The maximum atomic E-state index is 12.8. The third kappa shape index (κ3) is 3.11. The third-order valence-corrected chi connectivity index (χ3v) is 2.56. The fourth-order valence-corrected chi connectivity index (χ4v) is 1.29. The van der Waals surface area contributed by atoms with Gasteiger partial charge in [-0.15, -0.1) is 0 Å². The number of benzene rings is 1. The summed E-state index contributed by atoms with van der Waals surface area (Å²) in [6.07, 6.45) is 1.11. The van der Waals surface area contributed by atoms with Gasteiger partial charge in [0.1, 0.15) is 5.82 Å². The fraction of sp³-hybridized carbons (Fsp3) is 0.500. The third-order valence-electron chi connectivity index (χ3n) is 2.56. The largest absolute Gasteiger partial charge is 0.310 e. The van der Waals surface area contributed by atoms with Gasteiger partial charge in [0.05, 0.1) is 0 Å². The number of nitrogens with one attached hydrogen (secondary N) is 1. The van der Waals surface area contributed by atoms with Crippen LogP contribution in [-0.2, 0) is 6.54 Å². The second-order valence-corrected chi connectivity index (χ2v) is 3.76. The topological polar surface area (TPSA) is 12.0 Å². The number of hydrogen-bond acceptors (Lipinski definition) is 1. The van der Waals surface area contributed by atoms with Crippen molar-refractivity contribution < 1.29 is 4.39 Å². The highest BCUT2D eigenvalue weighted by Crippen LogP contribution is 2.10. The maximum absolute atomic E-state index is 12.8. The van der Waals surface area contributed by atoms with Crippen molar-refractivity contribution >= 4 is 0 Å². The van der Waals surface area contributed by atoms with Gasteiger partial charge in [0, 0.05) is 12.6 Å². The van der Waals surface area contributed by atoms with E-state index in [1.807, 2.05) is 13.0 Å². The van der Waals surface area contributed by atoms with Crippen LogP contribution in [0.5, 0.6) is 0 Å². The molecule has 0 aliphatic rings. The van der Waals surface area contributed by atoms with Gasteiger partial charge in [0.25, 0.3) is 0 Å². The van der Waals surface area contributed by atoms with Crippen molar-refractivity contribution in [2.45, 2.75) is 39.8 Å². The number of rotatable bonds is 4. The Bertz CT molecular complexity index is 296. The van der Waals surface area contributed by atoms with Crippen molar-refractivity contribution in [3.8, 4) is 0 Å². The van der Waals surface area contributed by atoms with E-state index in [2.05, 4.69) is 19.2 Å². The van der Waals surface area contributed by atoms with Gasteiger partial charge in [-0.2, -0.15) is 0 Å². The first-order chi connectivity index (χ1) is 6.63. The van der Waals surface area contributed by atoms with Crippen LogP contribution >= 0.6 is 0 Å². The Hall–Kier alpha value is -0.890. The van der Waals surface area contributed by atoms with Crippen molar-refractivity contribution in [2.24, 2.45) is 0 Å². The summed E-state index contributed by atoms with van der Waals surface area (Å²) in [5.41, 5.74) is 2.19. The van der Waals surface area contributed by atoms with Gasteiger partial charge in [-0.1, -0.05) is 13.0 Å². The average Bonchev–Trinajstić information content (AvgIpc) is 2.16. The zero-order valence-electron chi connectivity index (χ0n) is 9.10. The van der Waals surface area contributed by atoms with Crippen molar-refractivity contribution in [1.82, 2.24) is 5.32 Å². The Morgan fingerprint density at radius 1 is 1.43 bits per heavy atom. The van der Waals surface area contributed by atoms with Crippen molar-refractivity contribution in [1.29, 1.82) is 0 Å². The molecular formula is C12H18FN. The Morgan fingerprint density at radius 3 is 2.71 bits per heavy atom. The van der Waals surface area contributed by atoms with E-state index in [9.17, 15) is 4.39 Å². The average molecular weight is 195 g/mol. The summed E-state index contributed by atoms with van der Waals surface area (Å²) in [4.78, 5) is 0. The molecule has 1 nitrogen and oxygen atoms in total. The van der Waals surface area contributed by atoms with Gasteiger partial charge in [0.2, 0.25) is 0 Å². The molecule has 1 rings (SSSR count).